The second-order valence-electron chi connectivity index (χ2n) is 6.58. The maximum Gasteiger partial charge on any atom is 0.255 e. The summed E-state index contributed by atoms with van der Waals surface area (Å²) in [6.45, 7) is 1.58. The number of sulfonamides is 1. The number of carbonyl (C=O) groups excluding carboxylic acids is 1. The Morgan fingerprint density at radius 2 is 1.78 bits per heavy atom. The predicted molar refractivity (Wildman–Crippen MR) is 104 cm³/mol. The van der Waals surface area contributed by atoms with E-state index >= 15 is 0 Å². The van der Waals surface area contributed by atoms with Gasteiger partial charge < -0.3 is 10.1 Å². The molecule has 0 radical (unpaired) electrons. The van der Waals surface area contributed by atoms with Gasteiger partial charge in [-0.1, -0.05) is 24.6 Å². The molecule has 0 atom stereocenters. The molecule has 6 nitrogen and oxygen atoms in total. The molecule has 1 fully saturated rings. The normalized spacial score (nSPS) is 15.4. The zero-order valence-corrected chi connectivity index (χ0v) is 16.2. The maximum atomic E-state index is 12.8. The summed E-state index contributed by atoms with van der Waals surface area (Å²) in [4.78, 5) is 12.6. The Labute approximate surface area is 160 Å². The molecule has 7 heteroatoms. The molecule has 144 valence electrons. The molecule has 1 N–H and O–H groups in total. The number of nitrogens with one attached hydrogen (secondary N) is 1. The predicted octanol–water partition coefficient (Wildman–Crippen LogP) is 3.26. The molecule has 2 aromatic carbocycles. The van der Waals surface area contributed by atoms with E-state index in [1.165, 1.54) is 10.4 Å². The Hall–Kier alpha value is -2.22. The van der Waals surface area contributed by atoms with E-state index in [9.17, 15) is 13.2 Å². The van der Waals surface area contributed by atoms with Crippen molar-refractivity contribution in [2.45, 2.75) is 30.8 Å². The summed E-state index contributed by atoms with van der Waals surface area (Å²) in [7, 11) is -1.91. The molecule has 1 saturated heterocycles. The molecule has 1 amide bonds. The highest BCUT2D eigenvalue weighted by Gasteiger charge is 2.26. The van der Waals surface area contributed by atoms with Crippen LogP contribution in [-0.4, -0.2) is 38.8 Å². The second-order valence-corrected chi connectivity index (χ2v) is 8.51. The standard InChI is InChI=1S/C20H24N2O4S/c1-26-15-16-8-10-17(11-9-16)20(23)21-18-6-5-7-19(14-18)27(24,25)22-12-3-2-4-13-22/h5-11,14H,2-4,12-13,15H2,1H3,(H,21,23). The molecule has 0 aliphatic carbocycles. The fourth-order valence-electron chi connectivity index (χ4n) is 3.11. The number of nitrogens with zero attached hydrogens (tertiary/aromatic N) is 1. The van der Waals surface area contributed by atoms with Crippen LogP contribution in [-0.2, 0) is 21.4 Å². The molecule has 27 heavy (non-hydrogen) atoms. The zero-order valence-electron chi connectivity index (χ0n) is 15.3. The van der Waals surface area contributed by atoms with Crippen LogP contribution in [0.5, 0.6) is 0 Å². The summed E-state index contributed by atoms with van der Waals surface area (Å²) in [6, 6.07) is 13.5. The van der Waals surface area contributed by atoms with Gasteiger partial charge in [0.05, 0.1) is 11.5 Å². The minimum Gasteiger partial charge on any atom is -0.380 e. The SMILES string of the molecule is COCc1ccc(C(=O)Nc2cccc(S(=O)(=O)N3CCCCC3)c2)cc1. The largest absolute Gasteiger partial charge is 0.380 e. The highest BCUT2D eigenvalue weighted by atomic mass is 32.2. The van der Waals surface area contributed by atoms with Crippen LogP contribution in [0.1, 0.15) is 35.2 Å². The van der Waals surface area contributed by atoms with Crippen molar-refractivity contribution in [3.05, 3.63) is 59.7 Å². The van der Waals surface area contributed by atoms with Crippen molar-refractivity contribution < 1.29 is 17.9 Å². The van der Waals surface area contributed by atoms with Gasteiger partial charge in [-0.15, -0.1) is 0 Å². The summed E-state index contributed by atoms with van der Waals surface area (Å²) < 4.78 is 32.2. The van der Waals surface area contributed by atoms with Crippen LogP contribution >= 0.6 is 0 Å². The number of benzene rings is 2. The first-order valence-electron chi connectivity index (χ1n) is 9.00. The monoisotopic (exact) mass is 388 g/mol. The molecule has 0 spiro atoms. The van der Waals surface area contributed by atoms with E-state index in [0.29, 0.717) is 30.9 Å². The van der Waals surface area contributed by atoms with Crippen molar-refractivity contribution in [2.75, 3.05) is 25.5 Å². The first-order valence-corrected chi connectivity index (χ1v) is 10.4. The van der Waals surface area contributed by atoms with Crippen molar-refractivity contribution in [1.29, 1.82) is 0 Å². The first-order chi connectivity index (χ1) is 13.0. The van der Waals surface area contributed by atoms with E-state index in [1.807, 2.05) is 12.1 Å². The lowest BCUT2D eigenvalue weighted by molar-refractivity contribution is 0.102. The van der Waals surface area contributed by atoms with Crippen LogP contribution in [0.15, 0.2) is 53.4 Å². The fourth-order valence-corrected chi connectivity index (χ4v) is 4.67. The van der Waals surface area contributed by atoms with E-state index in [0.717, 1.165) is 24.8 Å². The van der Waals surface area contributed by atoms with Gasteiger partial charge in [0.2, 0.25) is 10.0 Å². The van der Waals surface area contributed by atoms with Crippen molar-refractivity contribution >= 4 is 21.6 Å². The van der Waals surface area contributed by atoms with Gasteiger partial charge in [0.25, 0.3) is 5.91 Å². The third kappa shape index (κ3) is 4.74. The number of hydrogen-bond acceptors (Lipinski definition) is 4. The van der Waals surface area contributed by atoms with Gasteiger partial charge in [-0.3, -0.25) is 4.79 Å². The van der Waals surface area contributed by atoms with Crippen LogP contribution in [0.4, 0.5) is 5.69 Å². The van der Waals surface area contributed by atoms with Crippen LogP contribution < -0.4 is 5.32 Å². The summed E-state index contributed by atoms with van der Waals surface area (Å²) >= 11 is 0. The number of hydrogen-bond donors (Lipinski definition) is 1. The van der Waals surface area contributed by atoms with Gasteiger partial charge in [-0.25, -0.2) is 8.42 Å². The number of amides is 1. The molecule has 1 aliphatic heterocycles. The number of anilines is 1. The molecule has 0 saturated carbocycles. The smallest absolute Gasteiger partial charge is 0.255 e. The van der Waals surface area contributed by atoms with Crippen LogP contribution in [0, 0.1) is 0 Å². The molecule has 2 aromatic rings. The Kier molecular flexibility index (Phi) is 6.26. The topological polar surface area (TPSA) is 75.7 Å². The Morgan fingerprint density at radius 3 is 2.44 bits per heavy atom. The van der Waals surface area contributed by atoms with Crippen LogP contribution in [0.3, 0.4) is 0 Å². The lowest BCUT2D eigenvalue weighted by Gasteiger charge is -2.26. The number of methoxy groups -OCH3 is 1. The number of piperidine rings is 1. The number of carbonyl (C=O) groups is 1. The summed E-state index contributed by atoms with van der Waals surface area (Å²) in [6.07, 6.45) is 2.83. The van der Waals surface area contributed by atoms with Crippen LogP contribution in [0.2, 0.25) is 0 Å². The van der Waals surface area contributed by atoms with Gasteiger partial charge in [0.15, 0.2) is 0 Å². The highest BCUT2D eigenvalue weighted by Crippen LogP contribution is 2.23. The summed E-state index contributed by atoms with van der Waals surface area (Å²) in [5.74, 6) is -0.286. The molecule has 3 rings (SSSR count). The summed E-state index contributed by atoms with van der Waals surface area (Å²) in [5.41, 5.74) is 1.93. The minimum absolute atomic E-state index is 0.206. The fraction of sp³-hybridized carbons (Fsp3) is 0.350. The quantitative estimate of drug-likeness (QED) is 0.824. The number of rotatable bonds is 6. The zero-order chi connectivity index (χ0) is 19.3. The molecule has 0 bridgehead atoms. The number of ether oxygens (including phenoxy) is 1. The lowest BCUT2D eigenvalue weighted by atomic mass is 10.1. The summed E-state index contributed by atoms with van der Waals surface area (Å²) in [5, 5.41) is 2.77. The minimum atomic E-state index is -3.53. The first kappa shape index (κ1) is 19.5. The average Bonchev–Trinajstić information content (AvgIpc) is 2.69. The molecule has 1 heterocycles. The third-order valence-corrected chi connectivity index (χ3v) is 6.47. The average molecular weight is 388 g/mol. The van der Waals surface area contributed by atoms with Gasteiger partial charge in [0.1, 0.15) is 0 Å². The van der Waals surface area contributed by atoms with Crippen molar-refractivity contribution in [2.24, 2.45) is 0 Å². The van der Waals surface area contributed by atoms with E-state index in [-0.39, 0.29) is 10.8 Å². The highest BCUT2D eigenvalue weighted by molar-refractivity contribution is 7.89. The van der Waals surface area contributed by atoms with E-state index < -0.39 is 10.0 Å². The molecule has 0 aromatic heterocycles. The molecule has 0 unspecified atom stereocenters. The van der Waals surface area contributed by atoms with Crippen molar-refractivity contribution in [1.82, 2.24) is 4.31 Å². The Morgan fingerprint density at radius 1 is 1.07 bits per heavy atom. The lowest BCUT2D eigenvalue weighted by Crippen LogP contribution is -2.35. The van der Waals surface area contributed by atoms with Gasteiger partial charge in [0, 0.05) is 31.5 Å². The van der Waals surface area contributed by atoms with Gasteiger partial charge in [-0.2, -0.15) is 4.31 Å². The molecular formula is C20H24N2O4S. The Bertz CT molecular complexity index is 888. The van der Waals surface area contributed by atoms with E-state index in [1.54, 1.807) is 37.4 Å². The van der Waals surface area contributed by atoms with Crippen molar-refractivity contribution in [3.8, 4) is 0 Å². The van der Waals surface area contributed by atoms with Crippen molar-refractivity contribution in [3.63, 3.8) is 0 Å². The molecule has 1 aliphatic rings. The van der Waals surface area contributed by atoms with E-state index in [4.69, 9.17) is 4.74 Å². The molecular weight excluding hydrogens is 364 g/mol. The second kappa shape index (κ2) is 8.65. The van der Waals surface area contributed by atoms with Gasteiger partial charge >= 0.3 is 0 Å². The van der Waals surface area contributed by atoms with Gasteiger partial charge in [-0.05, 0) is 48.7 Å². The third-order valence-electron chi connectivity index (χ3n) is 4.57. The van der Waals surface area contributed by atoms with E-state index in [2.05, 4.69) is 5.32 Å². The van der Waals surface area contributed by atoms with Crippen LogP contribution in [0.25, 0.3) is 0 Å². The maximum absolute atomic E-state index is 12.8. The Balaban J connectivity index is 1.74.